The highest BCUT2D eigenvalue weighted by molar-refractivity contribution is 6.30. The molecule has 0 aromatic rings. The van der Waals surface area contributed by atoms with Gasteiger partial charge in [-0.25, -0.2) is 0 Å². The van der Waals surface area contributed by atoms with Gasteiger partial charge >= 0.3 is 14.6 Å². The first-order chi connectivity index (χ1) is 6.71. The zero-order valence-corrected chi connectivity index (χ0v) is 9.73. The van der Waals surface area contributed by atoms with Crippen LogP contribution in [0.25, 0.3) is 0 Å². The van der Waals surface area contributed by atoms with Crippen LogP contribution >= 0.6 is 0 Å². The van der Waals surface area contributed by atoms with Gasteiger partial charge in [-0.3, -0.25) is 0 Å². The fourth-order valence-electron chi connectivity index (χ4n) is 0. The van der Waals surface area contributed by atoms with E-state index in [1.165, 1.54) is 0 Å². The molecule has 0 unspecified atom stereocenters. The molecule has 0 spiro atoms. The largest absolute Gasteiger partial charge is 0.631 e. The molecule has 0 heterocycles. The molecule has 10 heteroatoms. The lowest BCUT2D eigenvalue weighted by Gasteiger charge is -2.31. The summed E-state index contributed by atoms with van der Waals surface area (Å²) in [6.07, 6.45) is 0. The van der Waals surface area contributed by atoms with E-state index in [4.69, 9.17) is 40.4 Å². The maximum absolute atomic E-state index is 9.10. The Labute approximate surface area is 94.8 Å². The maximum atomic E-state index is 9.10. The second kappa shape index (κ2) is 8.90. The quantitative estimate of drug-likeness (QED) is 0.219. The van der Waals surface area contributed by atoms with E-state index in [0.29, 0.717) is 0 Å². The van der Waals surface area contributed by atoms with Gasteiger partial charge in [0.05, 0.1) is 11.2 Å². The van der Waals surface area contributed by atoms with Gasteiger partial charge in [0.15, 0.2) is 0 Å². The van der Waals surface area contributed by atoms with Gasteiger partial charge in [-0.15, -0.1) is 0 Å². The van der Waals surface area contributed by atoms with Crippen molar-refractivity contribution >= 4 is 14.6 Å². The Hall–Kier alpha value is -0.190. The Morgan fingerprint density at radius 2 is 0.625 bits per heavy atom. The molecule has 98 valence electrons. The second-order valence-corrected chi connectivity index (χ2v) is 3.81. The molecule has 0 rings (SSSR count). The standard InChI is InChI=1S/C6H14O2.2BH3O3/c1-5(2,7)6(3,4)8;2*2-1(3)4/h7-8H,1-4H3;2*2-4H. The van der Waals surface area contributed by atoms with Crippen LogP contribution in [0.5, 0.6) is 0 Å². The Morgan fingerprint density at radius 3 is 0.625 bits per heavy atom. The highest BCUT2D eigenvalue weighted by Gasteiger charge is 2.31. The van der Waals surface area contributed by atoms with Crippen molar-refractivity contribution in [1.82, 2.24) is 0 Å². The third kappa shape index (κ3) is 29.2. The first-order valence-electron chi connectivity index (χ1n) is 4.25. The minimum atomic E-state index is -2.17. The smallest absolute Gasteiger partial charge is 0.402 e. The highest BCUT2D eigenvalue weighted by atomic mass is 16.5. The predicted octanol–water partition coefficient (Wildman–Crippen LogP) is -3.58. The van der Waals surface area contributed by atoms with Gasteiger partial charge < -0.3 is 40.4 Å². The molecule has 0 aromatic carbocycles. The topological polar surface area (TPSA) is 162 Å². The van der Waals surface area contributed by atoms with Crippen LogP contribution in [0.1, 0.15) is 27.7 Å². The zero-order chi connectivity index (χ0) is 14.2. The second-order valence-electron chi connectivity index (χ2n) is 3.81. The highest BCUT2D eigenvalue weighted by Crippen LogP contribution is 2.19. The van der Waals surface area contributed by atoms with E-state index in [0.717, 1.165) is 0 Å². The van der Waals surface area contributed by atoms with Gasteiger partial charge in [0, 0.05) is 0 Å². The van der Waals surface area contributed by atoms with Crippen molar-refractivity contribution in [3.8, 4) is 0 Å². The summed E-state index contributed by atoms with van der Waals surface area (Å²) >= 11 is 0. The van der Waals surface area contributed by atoms with Crippen molar-refractivity contribution < 1.29 is 40.4 Å². The van der Waals surface area contributed by atoms with E-state index < -0.39 is 25.8 Å². The van der Waals surface area contributed by atoms with Gasteiger partial charge in [0.2, 0.25) is 0 Å². The van der Waals surface area contributed by atoms with Gasteiger partial charge in [-0.05, 0) is 27.7 Å². The fraction of sp³-hybridized carbons (Fsp3) is 1.00. The lowest BCUT2D eigenvalue weighted by atomic mass is 9.90. The van der Waals surface area contributed by atoms with Crippen LogP contribution in [-0.4, -0.2) is 66.2 Å². The summed E-state index contributed by atoms with van der Waals surface area (Å²) in [4.78, 5) is 0. The summed E-state index contributed by atoms with van der Waals surface area (Å²) in [5.74, 6) is 0. The molecular weight excluding hydrogens is 222 g/mol. The van der Waals surface area contributed by atoms with E-state index in [1.807, 2.05) is 0 Å². The Balaban J connectivity index is -0.000000179. The molecule has 0 aliphatic carbocycles. The average Bonchev–Trinajstić information content (AvgIpc) is 1.76. The molecule has 0 aliphatic rings. The monoisotopic (exact) mass is 242 g/mol. The molecule has 0 radical (unpaired) electrons. The van der Waals surface area contributed by atoms with Gasteiger partial charge in [-0.2, -0.15) is 0 Å². The SMILES string of the molecule is CC(C)(O)C(C)(C)O.OB(O)O.OB(O)O. The molecule has 16 heavy (non-hydrogen) atoms. The molecule has 8 nitrogen and oxygen atoms in total. The van der Waals surface area contributed by atoms with Crippen LogP contribution in [0, 0.1) is 0 Å². The van der Waals surface area contributed by atoms with Crippen molar-refractivity contribution in [1.29, 1.82) is 0 Å². The normalized spacial score (nSPS) is 10.5. The van der Waals surface area contributed by atoms with Crippen molar-refractivity contribution in [2.24, 2.45) is 0 Å². The fourth-order valence-corrected chi connectivity index (χ4v) is 0. The third-order valence-corrected chi connectivity index (χ3v) is 1.50. The summed E-state index contributed by atoms with van der Waals surface area (Å²) in [5, 5.41) is 61.2. The van der Waals surface area contributed by atoms with Crippen LogP contribution in [0.4, 0.5) is 0 Å². The molecule has 0 atom stereocenters. The van der Waals surface area contributed by atoms with Crippen molar-refractivity contribution in [2.75, 3.05) is 0 Å². The van der Waals surface area contributed by atoms with E-state index in [2.05, 4.69) is 0 Å². The molecule has 0 amide bonds. The maximum Gasteiger partial charge on any atom is 0.631 e. The third-order valence-electron chi connectivity index (χ3n) is 1.50. The van der Waals surface area contributed by atoms with Crippen molar-refractivity contribution in [2.45, 2.75) is 38.9 Å². The first-order valence-corrected chi connectivity index (χ1v) is 4.25. The lowest BCUT2D eigenvalue weighted by molar-refractivity contribution is -0.107. The first kappa shape index (κ1) is 21.1. The van der Waals surface area contributed by atoms with Crippen LogP contribution in [-0.2, 0) is 0 Å². The number of hydrogen-bond acceptors (Lipinski definition) is 8. The molecule has 0 fully saturated rings. The molecule has 8 N–H and O–H groups in total. The van der Waals surface area contributed by atoms with Crippen LogP contribution in [0.3, 0.4) is 0 Å². The van der Waals surface area contributed by atoms with Gasteiger partial charge in [0.1, 0.15) is 0 Å². The summed E-state index contributed by atoms with van der Waals surface area (Å²) in [5.41, 5.74) is -2.01. The summed E-state index contributed by atoms with van der Waals surface area (Å²) in [7, 11) is -4.33. The molecule has 0 saturated carbocycles. The average molecular weight is 242 g/mol. The molecular formula is C6H20B2O8. The van der Waals surface area contributed by atoms with Gasteiger partial charge in [0.25, 0.3) is 0 Å². The van der Waals surface area contributed by atoms with E-state index in [-0.39, 0.29) is 0 Å². The number of hydrogen-bond donors (Lipinski definition) is 8. The van der Waals surface area contributed by atoms with E-state index >= 15 is 0 Å². The van der Waals surface area contributed by atoms with E-state index in [9.17, 15) is 0 Å². The molecule has 0 aliphatic heterocycles. The Bertz CT molecular complexity index is 126. The van der Waals surface area contributed by atoms with Crippen molar-refractivity contribution in [3.63, 3.8) is 0 Å². The molecule has 0 saturated heterocycles. The minimum Gasteiger partial charge on any atom is -0.402 e. The summed E-state index contributed by atoms with van der Waals surface area (Å²) in [6, 6.07) is 0. The van der Waals surface area contributed by atoms with Gasteiger partial charge in [-0.1, -0.05) is 0 Å². The molecule has 0 aromatic heterocycles. The number of rotatable bonds is 1. The van der Waals surface area contributed by atoms with E-state index in [1.54, 1.807) is 27.7 Å². The number of aliphatic hydroxyl groups is 2. The van der Waals surface area contributed by atoms with Crippen molar-refractivity contribution in [3.05, 3.63) is 0 Å². The molecule has 0 bridgehead atoms. The Kier molecular flexibility index (Phi) is 11.8. The summed E-state index contributed by atoms with van der Waals surface area (Å²) in [6.45, 7) is 6.31. The van der Waals surface area contributed by atoms with Crippen LogP contribution < -0.4 is 0 Å². The van der Waals surface area contributed by atoms with Crippen LogP contribution in [0.15, 0.2) is 0 Å². The predicted molar refractivity (Wildman–Crippen MR) is 57.4 cm³/mol. The minimum absolute atomic E-state index is 1.01. The Morgan fingerprint density at radius 1 is 0.562 bits per heavy atom. The summed E-state index contributed by atoms with van der Waals surface area (Å²) < 4.78 is 0. The van der Waals surface area contributed by atoms with Crippen LogP contribution in [0.2, 0.25) is 0 Å². The lowest BCUT2D eigenvalue weighted by Crippen LogP contribution is -2.44. The zero-order valence-electron chi connectivity index (χ0n) is 9.73.